The summed E-state index contributed by atoms with van der Waals surface area (Å²) in [5, 5.41) is 7.37. The second-order valence-corrected chi connectivity index (χ2v) is 6.45. The van der Waals surface area contributed by atoms with Gasteiger partial charge in [-0.1, -0.05) is 41.4 Å². The fourth-order valence-corrected chi connectivity index (χ4v) is 2.70. The average Bonchev–Trinajstić information content (AvgIpc) is 2.60. The van der Waals surface area contributed by atoms with Crippen LogP contribution in [0.25, 0.3) is 0 Å². The van der Waals surface area contributed by atoms with Crippen LogP contribution < -0.4 is 10.6 Å². The van der Waals surface area contributed by atoms with Gasteiger partial charge in [0.05, 0.1) is 0 Å². The topological polar surface area (TPSA) is 49.8 Å². The second-order valence-electron chi connectivity index (χ2n) is 6.01. The molecule has 128 valence electrons. The molecular formula is C20H21ClN4. The zero-order valence-corrected chi connectivity index (χ0v) is 15.1. The standard InChI is InChI=1S/C20H21ClN4/c1-14-3-8-18(15(2)13-14)24-19-10-12-23-20(25-19)22-11-9-16-4-6-17(21)7-5-16/h3-8,10,12-13H,9,11H2,1-2H3,(H2,22,23,24,25). The number of rotatable bonds is 6. The minimum Gasteiger partial charge on any atom is -0.354 e. The van der Waals surface area contributed by atoms with Crippen molar-refractivity contribution in [1.82, 2.24) is 9.97 Å². The van der Waals surface area contributed by atoms with Crippen LogP contribution in [0.5, 0.6) is 0 Å². The van der Waals surface area contributed by atoms with E-state index in [1.54, 1.807) is 6.20 Å². The molecule has 0 aliphatic heterocycles. The highest BCUT2D eigenvalue weighted by molar-refractivity contribution is 6.30. The average molecular weight is 353 g/mol. The summed E-state index contributed by atoms with van der Waals surface area (Å²) in [6.45, 7) is 4.93. The first kappa shape index (κ1) is 17.2. The Morgan fingerprint density at radius 1 is 1.00 bits per heavy atom. The van der Waals surface area contributed by atoms with Gasteiger partial charge >= 0.3 is 0 Å². The van der Waals surface area contributed by atoms with Crippen molar-refractivity contribution in [3.8, 4) is 0 Å². The van der Waals surface area contributed by atoms with Crippen molar-refractivity contribution in [3.05, 3.63) is 76.4 Å². The van der Waals surface area contributed by atoms with Crippen LogP contribution in [0, 0.1) is 13.8 Å². The summed E-state index contributed by atoms with van der Waals surface area (Å²) in [7, 11) is 0. The molecule has 0 amide bonds. The largest absolute Gasteiger partial charge is 0.354 e. The first-order chi connectivity index (χ1) is 12.1. The van der Waals surface area contributed by atoms with Gasteiger partial charge in [-0.15, -0.1) is 0 Å². The zero-order chi connectivity index (χ0) is 17.6. The van der Waals surface area contributed by atoms with Crippen molar-refractivity contribution in [1.29, 1.82) is 0 Å². The highest BCUT2D eigenvalue weighted by Crippen LogP contribution is 2.20. The van der Waals surface area contributed by atoms with Crippen LogP contribution in [0.1, 0.15) is 16.7 Å². The highest BCUT2D eigenvalue weighted by Gasteiger charge is 2.03. The van der Waals surface area contributed by atoms with Crippen LogP contribution >= 0.6 is 11.6 Å². The van der Waals surface area contributed by atoms with E-state index in [0.29, 0.717) is 5.95 Å². The van der Waals surface area contributed by atoms with E-state index < -0.39 is 0 Å². The van der Waals surface area contributed by atoms with E-state index >= 15 is 0 Å². The van der Waals surface area contributed by atoms with Crippen LogP contribution in [0.3, 0.4) is 0 Å². The third-order valence-corrected chi connectivity index (χ3v) is 4.16. The molecule has 0 saturated heterocycles. The first-order valence-electron chi connectivity index (χ1n) is 8.26. The zero-order valence-electron chi connectivity index (χ0n) is 14.4. The predicted molar refractivity (Wildman–Crippen MR) is 105 cm³/mol. The number of anilines is 3. The Kier molecular flexibility index (Phi) is 5.51. The summed E-state index contributed by atoms with van der Waals surface area (Å²) in [6.07, 6.45) is 2.64. The lowest BCUT2D eigenvalue weighted by atomic mass is 10.1. The monoisotopic (exact) mass is 352 g/mol. The Labute approximate surface area is 153 Å². The van der Waals surface area contributed by atoms with Gasteiger partial charge in [-0.3, -0.25) is 0 Å². The van der Waals surface area contributed by atoms with E-state index in [1.165, 1.54) is 16.7 Å². The first-order valence-corrected chi connectivity index (χ1v) is 8.63. The molecule has 1 aromatic heterocycles. The number of nitrogens with zero attached hydrogens (tertiary/aromatic N) is 2. The van der Waals surface area contributed by atoms with Crippen molar-refractivity contribution in [3.63, 3.8) is 0 Å². The van der Waals surface area contributed by atoms with Gasteiger partial charge < -0.3 is 10.6 Å². The van der Waals surface area contributed by atoms with Gasteiger partial charge in [-0.2, -0.15) is 4.98 Å². The SMILES string of the molecule is Cc1ccc(Nc2ccnc(NCCc3ccc(Cl)cc3)n2)c(C)c1. The summed E-state index contributed by atoms with van der Waals surface area (Å²) in [4.78, 5) is 8.80. The number of aryl methyl sites for hydroxylation is 2. The maximum Gasteiger partial charge on any atom is 0.224 e. The molecule has 0 radical (unpaired) electrons. The van der Waals surface area contributed by atoms with Gasteiger partial charge in [-0.25, -0.2) is 4.98 Å². The summed E-state index contributed by atoms with van der Waals surface area (Å²) in [5.74, 6) is 1.39. The number of benzene rings is 2. The maximum absolute atomic E-state index is 5.90. The Balaban J connectivity index is 1.60. The van der Waals surface area contributed by atoms with Crippen LogP contribution in [0.4, 0.5) is 17.5 Å². The fourth-order valence-electron chi connectivity index (χ4n) is 2.58. The Morgan fingerprint density at radius 2 is 1.80 bits per heavy atom. The molecule has 0 spiro atoms. The molecule has 5 heteroatoms. The summed E-state index contributed by atoms with van der Waals surface area (Å²) < 4.78 is 0. The van der Waals surface area contributed by atoms with E-state index in [2.05, 4.69) is 52.6 Å². The smallest absolute Gasteiger partial charge is 0.224 e. The Morgan fingerprint density at radius 3 is 2.56 bits per heavy atom. The minimum absolute atomic E-state index is 0.615. The molecule has 2 aromatic carbocycles. The Hall–Kier alpha value is -2.59. The highest BCUT2D eigenvalue weighted by atomic mass is 35.5. The van der Waals surface area contributed by atoms with Crippen LogP contribution in [-0.2, 0) is 6.42 Å². The number of halogens is 1. The molecule has 3 aromatic rings. The van der Waals surface area contributed by atoms with Gasteiger partial charge in [0.2, 0.25) is 5.95 Å². The van der Waals surface area contributed by atoms with E-state index in [-0.39, 0.29) is 0 Å². The number of hydrogen-bond acceptors (Lipinski definition) is 4. The molecular weight excluding hydrogens is 332 g/mol. The minimum atomic E-state index is 0.615. The van der Waals surface area contributed by atoms with E-state index in [1.807, 2.05) is 30.3 Å². The molecule has 1 heterocycles. The van der Waals surface area contributed by atoms with E-state index in [4.69, 9.17) is 11.6 Å². The van der Waals surface area contributed by atoms with Crippen molar-refractivity contribution in [2.75, 3.05) is 17.2 Å². The van der Waals surface area contributed by atoms with E-state index in [9.17, 15) is 0 Å². The lowest BCUT2D eigenvalue weighted by molar-refractivity contribution is 0.985. The van der Waals surface area contributed by atoms with Gasteiger partial charge in [-0.05, 0) is 55.7 Å². The Bertz CT molecular complexity index is 847. The predicted octanol–water partition coefficient (Wildman–Crippen LogP) is 5.15. The van der Waals surface area contributed by atoms with Crippen LogP contribution in [0.2, 0.25) is 5.02 Å². The molecule has 0 fully saturated rings. The number of aromatic nitrogens is 2. The third kappa shape index (κ3) is 4.94. The lowest BCUT2D eigenvalue weighted by Gasteiger charge is -2.11. The van der Waals surface area contributed by atoms with Gasteiger partial charge in [0.25, 0.3) is 0 Å². The van der Waals surface area contributed by atoms with Gasteiger partial charge in [0.15, 0.2) is 0 Å². The van der Waals surface area contributed by atoms with Crippen molar-refractivity contribution >= 4 is 29.1 Å². The van der Waals surface area contributed by atoms with Crippen molar-refractivity contribution in [2.24, 2.45) is 0 Å². The van der Waals surface area contributed by atoms with Crippen molar-refractivity contribution < 1.29 is 0 Å². The van der Waals surface area contributed by atoms with E-state index in [0.717, 1.165) is 29.5 Å². The molecule has 3 rings (SSSR count). The summed E-state index contributed by atoms with van der Waals surface area (Å²) in [6, 6.07) is 16.0. The molecule has 0 saturated carbocycles. The number of nitrogens with one attached hydrogen (secondary N) is 2. The van der Waals surface area contributed by atoms with Gasteiger partial charge in [0.1, 0.15) is 5.82 Å². The molecule has 4 nitrogen and oxygen atoms in total. The van der Waals surface area contributed by atoms with Crippen molar-refractivity contribution in [2.45, 2.75) is 20.3 Å². The van der Waals surface area contributed by atoms with Gasteiger partial charge in [0, 0.05) is 23.5 Å². The molecule has 0 unspecified atom stereocenters. The molecule has 2 N–H and O–H groups in total. The lowest BCUT2D eigenvalue weighted by Crippen LogP contribution is -2.08. The molecule has 25 heavy (non-hydrogen) atoms. The molecule has 0 atom stereocenters. The molecule has 0 aliphatic carbocycles. The normalized spacial score (nSPS) is 10.5. The number of hydrogen-bond donors (Lipinski definition) is 2. The fraction of sp³-hybridized carbons (Fsp3) is 0.200. The third-order valence-electron chi connectivity index (χ3n) is 3.91. The summed E-state index contributed by atoms with van der Waals surface area (Å²) >= 11 is 5.90. The van der Waals surface area contributed by atoms with Crippen LogP contribution in [0.15, 0.2) is 54.7 Å². The molecule has 0 bridgehead atoms. The quantitative estimate of drug-likeness (QED) is 0.644. The molecule has 0 aliphatic rings. The maximum atomic E-state index is 5.90. The summed E-state index contributed by atoms with van der Waals surface area (Å²) in [5.41, 5.74) is 4.71. The van der Waals surface area contributed by atoms with Crippen LogP contribution in [-0.4, -0.2) is 16.5 Å². The second kappa shape index (κ2) is 7.99.